The van der Waals surface area contributed by atoms with Crippen molar-refractivity contribution in [1.82, 2.24) is 0 Å². The third kappa shape index (κ3) is 3.49. The van der Waals surface area contributed by atoms with Crippen LogP contribution in [0, 0.1) is 5.92 Å². The zero-order valence-electron chi connectivity index (χ0n) is 10.7. The molecular weight excluding hydrogens is 228 g/mol. The van der Waals surface area contributed by atoms with Crippen LogP contribution in [-0.2, 0) is 6.42 Å². The molecule has 2 unspecified atom stereocenters. The fourth-order valence-corrected chi connectivity index (χ4v) is 3.75. The van der Waals surface area contributed by atoms with Crippen molar-refractivity contribution < 1.29 is 5.11 Å². The minimum absolute atomic E-state index is 0.283. The lowest BCUT2D eigenvalue weighted by Gasteiger charge is -2.18. The maximum atomic E-state index is 10.4. The van der Waals surface area contributed by atoms with Crippen LogP contribution < -0.4 is 0 Å². The lowest BCUT2D eigenvalue weighted by Crippen LogP contribution is -2.12. The Morgan fingerprint density at radius 3 is 2.88 bits per heavy atom. The van der Waals surface area contributed by atoms with Gasteiger partial charge in [0.1, 0.15) is 0 Å². The Bertz CT molecular complexity index is 356. The van der Waals surface area contributed by atoms with Crippen molar-refractivity contribution in [2.45, 2.75) is 44.5 Å². The van der Waals surface area contributed by atoms with Crippen LogP contribution in [0.15, 0.2) is 24.3 Å². The molecule has 1 heterocycles. The molecule has 0 bridgehead atoms. The minimum Gasteiger partial charge on any atom is -0.387 e. The smallest absolute Gasteiger partial charge is 0.0908 e. The van der Waals surface area contributed by atoms with E-state index in [1.165, 1.54) is 17.7 Å². The first-order valence-electron chi connectivity index (χ1n) is 6.55. The highest BCUT2D eigenvalue weighted by atomic mass is 32.2. The average molecular weight is 250 g/mol. The van der Waals surface area contributed by atoms with E-state index in [-0.39, 0.29) is 6.10 Å². The highest BCUT2D eigenvalue weighted by Crippen LogP contribution is 2.36. The van der Waals surface area contributed by atoms with Gasteiger partial charge in [0.05, 0.1) is 6.10 Å². The average Bonchev–Trinajstić information content (AvgIpc) is 2.81. The lowest BCUT2D eigenvalue weighted by atomic mass is 9.97. The van der Waals surface area contributed by atoms with E-state index in [2.05, 4.69) is 38.1 Å². The number of thioether (sulfide) groups is 1. The fourth-order valence-electron chi connectivity index (χ4n) is 2.44. The Labute approximate surface area is 109 Å². The number of hydrogen-bond donors (Lipinski definition) is 1. The Balaban J connectivity index is 2.09. The zero-order chi connectivity index (χ0) is 12.3. The summed E-state index contributed by atoms with van der Waals surface area (Å²) in [6, 6.07) is 8.49. The predicted octanol–water partition coefficient (Wildman–Crippen LogP) is 3.81. The van der Waals surface area contributed by atoms with Gasteiger partial charge in [-0.05, 0) is 42.1 Å². The quantitative estimate of drug-likeness (QED) is 0.876. The van der Waals surface area contributed by atoms with Gasteiger partial charge in [-0.3, -0.25) is 0 Å². The first-order chi connectivity index (χ1) is 8.16. The first kappa shape index (κ1) is 13.0. The first-order valence-corrected chi connectivity index (χ1v) is 7.60. The topological polar surface area (TPSA) is 20.2 Å². The summed E-state index contributed by atoms with van der Waals surface area (Å²) < 4.78 is 0. The van der Waals surface area contributed by atoms with Crippen molar-refractivity contribution in [3.8, 4) is 0 Å². The van der Waals surface area contributed by atoms with Crippen molar-refractivity contribution in [2.24, 2.45) is 5.92 Å². The van der Waals surface area contributed by atoms with Crippen LogP contribution in [0.1, 0.15) is 43.9 Å². The number of hydrogen-bond acceptors (Lipinski definition) is 2. The van der Waals surface area contributed by atoms with E-state index in [0.29, 0.717) is 11.2 Å². The molecule has 2 rings (SSSR count). The van der Waals surface area contributed by atoms with E-state index in [4.69, 9.17) is 0 Å². The van der Waals surface area contributed by atoms with Gasteiger partial charge >= 0.3 is 0 Å². The second-order valence-corrected chi connectivity index (χ2v) is 6.69. The highest BCUT2D eigenvalue weighted by Gasteiger charge is 2.25. The van der Waals surface area contributed by atoms with Crippen LogP contribution in [0.3, 0.4) is 0 Å². The van der Waals surface area contributed by atoms with Gasteiger partial charge < -0.3 is 5.11 Å². The van der Waals surface area contributed by atoms with Crippen LogP contribution in [-0.4, -0.2) is 16.1 Å². The molecule has 1 aromatic rings. The Morgan fingerprint density at radius 2 is 2.24 bits per heavy atom. The molecule has 2 heteroatoms. The molecule has 17 heavy (non-hydrogen) atoms. The largest absolute Gasteiger partial charge is 0.387 e. The maximum absolute atomic E-state index is 10.4. The van der Waals surface area contributed by atoms with Crippen LogP contribution in [0.5, 0.6) is 0 Å². The molecule has 1 nitrogen and oxygen atoms in total. The Hall–Kier alpha value is -0.470. The molecule has 0 spiro atoms. The molecule has 1 N–H and O–H groups in total. The van der Waals surface area contributed by atoms with Crippen LogP contribution in [0.4, 0.5) is 0 Å². The highest BCUT2D eigenvalue weighted by molar-refractivity contribution is 8.00. The normalized spacial score (nSPS) is 22.0. The summed E-state index contributed by atoms with van der Waals surface area (Å²) >= 11 is 1.92. The molecule has 0 aliphatic carbocycles. The second kappa shape index (κ2) is 5.92. The van der Waals surface area contributed by atoms with Gasteiger partial charge in [-0.2, -0.15) is 11.8 Å². The number of rotatable bonds is 4. The fraction of sp³-hybridized carbons (Fsp3) is 0.600. The van der Waals surface area contributed by atoms with E-state index >= 15 is 0 Å². The molecule has 2 atom stereocenters. The van der Waals surface area contributed by atoms with Gasteiger partial charge in [-0.15, -0.1) is 0 Å². The monoisotopic (exact) mass is 250 g/mol. The third-order valence-corrected chi connectivity index (χ3v) is 4.70. The van der Waals surface area contributed by atoms with Gasteiger partial charge in [0.25, 0.3) is 0 Å². The molecule has 1 aliphatic heterocycles. The molecule has 1 aromatic carbocycles. The summed E-state index contributed by atoms with van der Waals surface area (Å²) in [6.45, 7) is 4.46. The van der Waals surface area contributed by atoms with Crippen molar-refractivity contribution in [1.29, 1.82) is 0 Å². The summed E-state index contributed by atoms with van der Waals surface area (Å²) in [4.78, 5) is 0. The van der Waals surface area contributed by atoms with Crippen LogP contribution >= 0.6 is 11.8 Å². The van der Waals surface area contributed by atoms with Crippen molar-refractivity contribution in [3.05, 3.63) is 35.4 Å². The SMILES string of the molecule is CC(C)Cc1cccc(C(O)C2CCCS2)c1. The Morgan fingerprint density at radius 1 is 1.41 bits per heavy atom. The molecule has 0 amide bonds. The number of aliphatic hydroxyl groups excluding tert-OH is 1. The lowest BCUT2D eigenvalue weighted by molar-refractivity contribution is 0.173. The molecule has 0 saturated carbocycles. The summed E-state index contributed by atoms with van der Waals surface area (Å²) in [5.41, 5.74) is 2.45. The van der Waals surface area contributed by atoms with Crippen molar-refractivity contribution in [3.63, 3.8) is 0 Å². The van der Waals surface area contributed by atoms with Gasteiger partial charge in [-0.25, -0.2) is 0 Å². The molecule has 1 saturated heterocycles. The molecule has 94 valence electrons. The van der Waals surface area contributed by atoms with Crippen LogP contribution in [0.25, 0.3) is 0 Å². The van der Waals surface area contributed by atoms with E-state index < -0.39 is 0 Å². The van der Waals surface area contributed by atoms with Gasteiger partial charge in [-0.1, -0.05) is 38.1 Å². The van der Waals surface area contributed by atoms with E-state index in [9.17, 15) is 5.11 Å². The summed E-state index contributed by atoms with van der Waals surface area (Å²) in [5.74, 6) is 1.87. The third-order valence-electron chi connectivity index (χ3n) is 3.25. The van der Waals surface area contributed by atoms with Crippen molar-refractivity contribution in [2.75, 3.05) is 5.75 Å². The molecule has 0 radical (unpaired) electrons. The Kier molecular flexibility index (Phi) is 4.52. The van der Waals surface area contributed by atoms with E-state index in [1.54, 1.807) is 0 Å². The standard InChI is InChI=1S/C15H22OS/c1-11(2)9-12-5-3-6-13(10-12)15(16)14-7-4-8-17-14/h3,5-6,10-11,14-16H,4,7-9H2,1-2H3. The minimum atomic E-state index is -0.283. The summed E-state index contributed by atoms with van der Waals surface area (Å²) in [5, 5.41) is 10.8. The predicted molar refractivity (Wildman–Crippen MR) is 75.4 cm³/mol. The zero-order valence-corrected chi connectivity index (χ0v) is 11.5. The molecular formula is C15H22OS. The summed E-state index contributed by atoms with van der Waals surface area (Å²) in [6.07, 6.45) is 3.21. The van der Waals surface area contributed by atoms with Gasteiger partial charge in [0.15, 0.2) is 0 Å². The number of aliphatic hydroxyl groups is 1. The van der Waals surface area contributed by atoms with E-state index in [1.807, 2.05) is 11.8 Å². The molecule has 1 fully saturated rings. The number of benzene rings is 1. The second-order valence-electron chi connectivity index (χ2n) is 5.34. The molecule has 0 aromatic heterocycles. The molecule has 1 aliphatic rings. The van der Waals surface area contributed by atoms with Gasteiger partial charge in [0.2, 0.25) is 0 Å². The van der Waals surface area contributed by atoms with Crippen molar-refractivity contribution >= 4 is 11.8 Å². The van der Waals surface area contributed by atoms with E-state index in [0.717, 1.165) is 18.4 Å². The summed E-state index contributed by atoms with van der Waals surface area (Å²) in [7, 11) is 0. The maximum Gasteiger partial charge on any atom is 0.0908 e. The van der Waals surface area contributed by atoms with Crippen LogP contribution in [0.2, 0.25) is 0 Å². The van der Waals surface area contributed by atoms with Gasteiger partial charge in [0, 0.05) is 5.25 Å².